The van der Waals surface area contributed by atoms with Crippen LogP contribution in [0.4, 0.5) is 4.79 Å². The molecule has 0 aliphatic rings. The number of furan rings is 1. The molecule has 1 aromatic heterocycles. The van der Waals surface area contributed by atoms with Crippen molar-refractivity contribution in [2.24, 2.45) is 0 Å². The van der Waals surface area contributed by atoms with Crippen molar-refractivity contribution in [3.05, 3.63) is 54.0 Å². The summed E-state index contributed by atoms with van der Waals surface area (Å²) in [6, 6.07) is 10.3. The number of nitrogens with one attached hydrogen (secondary N) is 2. The molecule has 2 amide bonds. The minimum Gasteiger partial charge on any atom is -0.496 e. The molecule has 0 saturated heterocycles. The zero-order valence-corrected chi connectivity index (χ0v) is 14.0. The Balaban J connectivity index is 2.15. The molecule has 2 unspecified atom stereocenters. The first-order chi connectivity index (χ1) is 11.7. The number of carbonyl (C=O) groups is 1. The van der Waals surface area contributed by atoms with Gasteiger partial charge in [0.05, 0.1) is 13.4 Å². The summed E-state index contributed by atoms with van der Waals surface area (Å²) >= 11 is 0. The zero-order valence-electron chi connectivity index (χ0n) is 14.0. The van der Waals surface area contributed by atoms with Gasteiger partial charge in [-0.2, -0.15) is 0 Å². The molecular formula is C18H24N2O4. The van der Waals surface area contributed by atoms with Crippen molar-refractivity contribution < 1.29 is 19.1 Å². The summed E-state index contributed by atoms with van der Waals surface area (Å²) in [5.74, 6) is 1.30. The van der Waals surface area contributed by atoms with Gasteiger partial charge in [0.25, 0.3) is 0 Å². The SMILES string of the molecule is COc1ccccc1C(NC(=O)NC(C)CCCO)c1ccco1. The van der Waals surface area contributed by atoms with E-state index in [-0.39, 0.29) is 18.7 Å². The number of rotatable bonds is 8. The molecule has 6 heteroatoms. The van der Waals surface area contributed by atoms with Crippen molar-refractivity contribution in [3.63, 3.8) is 0 Å². The van der Waals surface area contributed by atoms with Crippen molar-refractivity contribution in [1.82, 2.24) is 10.6 Å². The van der Waals surface area contributed by atoms with Crippen LogP contribution in [0, 0.1) is 0 Å². The van der Waals surface area contributed by atoms with E-state index in [1.807, 2.05) is 37.3 Å². The van der Waals surface area contributed by atoms with E-state index in [1.54, 1.807) is 19.4 Å². The largest absolute Gasteiger partial charge is 0.496 e. The smallest absolute Gasteiger partial charge is 0.315 e. The molecule has 24 heavy (non-hydrogen) atoms. The lowest BCUT2D eigenvalue weighted by Crippen LogP contribution is -2.42. The maximum absolute atomic E-state index is 12.3. The van der Waals surface area contributed by atoms with Crippen molar-refractivity contribution in [3.8, 4) is 5.75 Å². The lowest BCUT2D eigenvalue weighted by molar-refractivity contribution is 0.230. The summed E-state index contributed by atoms with van der Waals surface area (Å²) in [4.78, 5) is 12.3. The predicted molar refractivity (Wildman–Crippen MR) is 91.0 cm³/mol. The number of ether oxygens (including phenoxy) is 1. The van der Waals surface area contributed by atoms with E-state index in [1.165, 1.54) is 0 Å². The number of hydrogen-bond acceptors (Lipinski definition) is 4. The highest BCUT2D eigenvalue weighted by Crippen LogP contribution is 2.30. The fourth-order valence-corrected chi connectivity index (χ4v) is 2.53. The first kappa shape index (κ1) is 17.9. The van der Waals surface area contributed by atoms with E-state index in [0.717, 1.165) is 5.56 Å². The number of carbonyl (C=O) groups excluding carboxylic acids is 1. The van der Waals surface area contributed by atoms with E-state index in [4.69, 9.17) is 14.3 Å². The second kappa shape index (κ2) is 8.98. The first-order valence-electron chi connectivity index (χ1n) is 8.00. The number of aliphatic hydroxyl groups is 1. The van der Waals surface area contributed by atoms with E-state index < -0.39 is 6.04 Å². The summed E-state index contributed by atoms with van der Waals surface area (Å²) in [7, 11) is 1.59. The van der Waals surface area contributed by atoms with Crippen LogP contribution in [0.15, 0.2) is 47.1 Å². The Morgan fingerprint density at radius 3 is 2.71 bits per heavy atom. The maximum Gasteiger partial charge on any atom is 0.315 e. The molecule has 0 saturated carbocycles. The maximum atomic E-state index is 12.3. The summed E-state index contributed by atoms with van der Waals surface area (Å²) in [5, 5.41) is 14.7. The predicted octanol–water partition coefficient (Wildman–Crippen LogP) is 2.84. The molecule has 2 rings (SSSR count). The fourth-order valence-electron chi connectivity index (χ4n) is 2.53. The molecular weight excluding hydrogens is 308 g/mol. The van der Waals surface area contributed by atoms with Crippen LogP contribution in [0.1, 0.15) is 37.1 Å². The minimum absolute atomic E-state index is 0.0351. The molecule has 3 N–H and O–H groups in total. The van der Waals surface area contributed by atoms with Crippen LogP contribution in [0.5, 0.6) is 5.75 Å². The van der Waals surface area contributed by atoms with Gasteiger partial charge in [0.15, 0.2) is 0 Å². The second-order valence-electron chi connectivity index (χ2n) is 5.58. The quantitative estimate of drug-likeness (QED) is 0.694. The molecule has 0 aliphatic carbocycles. The molecule has 130 valence electrons. The molecule has 2 aromatic rings. The zero-order chi connectivity index (χ0) is 17.4. The Labute approximate surface area is 141 Å². The highest BCUT2D eigenvalue weighted by Gasteiger charge is 2.23. The van der Waals surface area contributed by atoms with Gasteiger partial charge in [0.1, 0.15) is 17.6 Å². The van der Waals surface area contributed by atoms with Crippen molar-refractivity contribution in [2.45, 2.75) is 31.8 Å². The molecule has 1 aromatic carbocycles. The fraction of sp³-hybridized carbons (Fsp3) is 0.389. The minimum atomic E-state index is -0.457. The van der Waals surface area contributed by atoms with Gasteiger partial charge in [0, 0.05) is 18.2 Å². The lowest BCUT2D eigenvalue weighted by Gasteiger charge is -2.21. The molecule has 6 nitrogen and oxygen atoms in total. The first-order valence-corrected chi connectivity index (χ1v) is 8.00. The van der Waals surface area contributed by atoms with Crippen molar-refractivity contribution >= 4 is 6.03 Å². The monoisotopic (exact) mass is 332 g/mol. The van der Waals surface area contributed by atoms with Gasteiger partial charge in [-0.05, 0) is 38.0 Å². The molecule has 2 atom stereocenters. The number of methoxy groups -OCH3 is 1. The molecule has 0 fully saturated rings. The lowest BCUT2D eigenvalue weighted by atomic mass is 10.0. The summed E-state index contributed by atoms with van der Waals surface area (Å²) in [5.41, 5.74) is 0.813. The Kier molecular flexibility index (Phi) is 6.69. The van der Waals surface area contributed by atoms with Crippen LogP contribution in [-0.4, -0.2) is 30.9 Å². The van der Waals surface area contributed by atoms with E-state index in [0.29, 0.717) is 24.4 Å². The number of aliphatic hydroxyl groups excluding tert-OH is 1. The second-order valence-corrected chi connectivity index (χ2v) is 5.58. The third-order valence-corrected chi connectivity index (χ3v) is 3.73. The third kappa shape index (κ3) is 4.76. The summed E-state index contributed by atoms with van der Waals surface area (Å²) < 4.78 is 10.9. The van der Waals surface area contributed by atoms with Gasteiger partial charge in [-0.1, -0.05) is 18.2 Å². The Morgan fingerprint density at radius 1 is 1.25 bits per heavy atom. The van der Waals surface area contributed by atoms with E-state index >= 15 is 0 Å². The number of amides is 2. The van der Waals surface area contributed by atoms with Crippen LogP contribution < -0.4 is 15.4 Å². The van der Waals surface area contributed by atoms with Crippen molar-refractivity contribution in [2.75, 3.05) is 13.7 Å². The molecule has 0 aliphatic heterocycles. The number of urea groups is 1. The van der Waals surface area contributed by atoms with E-state index in [9.17, 15) is 4.79 Å². The topological polar surface area (TPSA) is 83.7 Å². The van der Waals surface area contributed by atoms with Gasteiger partial charge in [-0.25, -0.2) is 4.79 Å². The van der Waals surface area contributed by atoms with Crippen LogP contribution in [0.2, 0.25) is 0 Å². The Morgan fingerprint density at radius 2 is 2.04 bits per heavy atom. The number of para-hydroxylation sites is 1. The third-order valence-electron chi connectivity index (χ3n) is 3.73. The Bertz CT molecular complexity index is 628. The highest BCUT2D eigenvalue weighted by atomic mass is 16.5. The van der Waals surface area contributed by atoms with Gasteiger partial charge in [0.2, 0.25) is 0 Å². The molecule has 0 radical (unpaired) electrons. The van der Waals surface area contributed by atoms with Gasteiger partial charge in [-0.15, -0.1) is 0 Å². The number of hydrogen-bond donors (Lipinski definition) is 3. The van der Waals surface area contributed by atoms with Crippen LogP contribution >= 0.6 is 0 Å². The average molecular weight is 332 g/mol. The molecule has 0 spiro atoms. The average Bonchev–Trinajstić information content (AvgIpc) is 3.12. The molecule has 1 heterocycles. The van der Waals surface area contributed by atoms with Crippen molar-refractivity contribution in [1.29, 1.82) is 0 Å². The standard InChI is InChI=1S/C18H24N2O4/c1-13(7-5-11-21)19-18(22)20-17(16-10-6-12-24-16)14-8-3-4-9-15(14)23-2/h3-4,6,8-10,12-13,17,21H,5,7,11H2,1-2H3,(H2,19,20,22). The summed E-state index contributed by atoms with van der Waals surface area (Å²) in [6.45, 7) is 2.02. The summed E-state index contributed by atoms with van der Waals surface area (Å²) in [6.07, 6.45) is 2.93. The molecule has 0 bridgehead atoms. The van der Waals surface area contributed by atoms with E-state index in [2.05, 4.69) is 10.6 Å². The number of benzene rings is 1. The van der Waals surface area contributed by atoms with Crippen LogP contribution in [0.3, 0.4) is 0 Å². The van der Waals surface area contributed by atoms with Gasteiger partial charge in [-0.3, -0.25) is 0 Å². The van der Waals surface area contributed by atoms with Crippen LogP contribution in [-0.2, 0) is 0 Å². The van der Waals surface area contributed by atoms with Gasteiger partial charge < -0.3 is 24.9 Å². The normalized spacial score (nSPS) is 13.1. The Hall–Kier alpha value is -2.47. The van der Waals surface area contributed by atoms with Crippen LogP contribution in [0.25, 0.3) is 0 Å². The van der Waals surface area contributed by atoms with Gasteiger partial charge >= 0.3 is 6.03 Å². The highest BCUT2D eigenvalue weighted by molar-refractivity contribution is 5.75.